The summed E-state index contributed by atoms with van der Waals surface area (Å²) in [4.78, 5) is 24.6. The molecule has 6 nitrogen and oxygen atoms in total. The van der Waals surface area contributed by atoms with Crippen molar-refractivity contribution in [1.29, 1.82) is 0 Å². The maximum atomic E-state index is 14.0. The van der Waals surface area contributed by atoms with Crippen LogP contribution in [0.2, 0.25) is 0 Å². The number of para-hydroxylation sites is 2. The quantitative estimate of drug-likeness (QED) is 0.846. The number of carbonyl (C=O) groups is 2. The van der Waals surface area contributed by atoms with Crippen LogP contribution in [0, 0.1) is 5.82 Å². The van der Waals surface area contributed by atoms with Crippen molar-refractivity contribution in [3.63, 3.8) is 0 Å². The third kappa shape index (κ3) is 4.36. The Morgan fingerprint density at radius 3 is 2.85 bits per heavy atom. The van der Waals surface area contributed by atoms with Crippen molar-refractivity contribution in [2.45, 2.75) is 18.9 Å². The molecule has 2 aromatic carbocycles. The van der Waals surface area contributed by atoms with Gasteiger partial charge in [-0.2, -0.15) is 0 Å². The van der Waals surface area contributed by atoms with Crippen LogP contribution in [0.25, 0.3) is 0 Å². The summed E-state index contributed by atoms with van der Waals surface area (Å²) < 4.78 is 24.6. The molecule has 1 aliphatic rings. The second-order valence-electron chi connectivity index (χ2n) is 6.15. The summed E-state index contributed by atoms with van der Waals surface area (Å²) in [6, 6.07) is 11.1. The fraction of sp³-hybridized carbons (Fsp3) is 0.300. The van der Waals surface area contributed by atoms with Crippen LogP contribution in [0.15, 0.2) is 42.5 Å². The molecule has 0 aliphatic carbocycles. The molecule has 1 atom stereocenters. The highest BCUT2D eigenvalue weighted by molar-refractivity contribution is 5.98. The van der Waals surface area contributed by atoms with Crippen LogP contribution in [-0.2, 0) is 4.79 Å². The number of rotatable bonds is 5. The number of nitrogens with one attached hydrogen (secondary N) is 2. The molecule has 0 saturated carbocycles. The van der Waals surface area contributed by atoms with Crippen molar-refractivity contribution in [2.75, 3.05) is 20.3 Å². The number of hydrogen-bond donors (Lipinski definition) is 2. The van der Waals surface area contributed by atoms with Crippen molar-refractivity contribution >= 4 is 11.8 Å². The third-order valence-electron chi connectivity index (χ3n) is 4.35. The van der Waals surface area contributed by atoms with E-state index in [-0.39, 0.29) is 24.2 Å². The molecular weight excluding hydrogens is 351 g/mol. The summed E-state index contributed by atoms with van der Waals surface area (Å²) in [7, 11) is 1.48. The summed E-state index contributed by atoms with van der Waals surface area (Å²) in [5, 5.41) is 5.42. The minimum atomic E-state index is -0.446. The van der Waals surface area contributed by atoms with E-state index in [1.54, 1.807) is 36.4 Å². The molecule has 142 valence electrons. The molecule has 27 heavy (non-hydrogen) atoms. The Morgan fingerprint density at radius 1 is 1.22 bits per heavy atom. The van der Waals surface area contributed by atoms with Gasteiger partial charge in [-0.15, -0.1) is 0 Å². The molecule has 2 N–H and O–H groups in total. The highest BCUT2D eigenvalue weighted by Crippen LogP contribution is 2.33. The zero-order valence-electron chi connectivity index (χ0n) is 15.0. The molecule has 2 amide bonds. The first kappa shape index (κ1) is 18.7. The largest absolute Gasteiger partial charge is 0.496 e. The van der Waals surface area contributed by atoms with Gasteiger partial charge in [0.1, 0.15) is 5.75 Å². The highest BCUT2D eigenvalue weighted by atomic mass is 19.1. The normalized spacial score (nSPS) is 15.7. The number of carbonyl (C=O) groups excluding carboxylic acids is 2. The van der Waals surface area contributed by atoms with Gasteiger partial charge in [0.15, 0.2) is 11.6 Å². The smallest absolute Gasteiger partial charge is 0.255 e. The van der Waals surface area contributed by atoms with E-state index in [0.717, 1.165) is 0 Å². The molecule has 0 spiro atoms. The molecule has 0 radical (unpaired) electrons. The Hall–Kier alpha value is -3.09. The Balaban J connectivity index is 1.63. The number of halogens is 1. The van der Waals surface area contributed by atoms with Gasteiger partial charge in [-0.1, -0.05) is 24.3 Å². The lowest BCUT2D eigenvalue weighted by Gasteiger charge is -2.19. The average molecular weight is 372 g/mol. The van der Waals surface area contributed by atoms with E-state index in [4.69, 9.17) is 9.47 Å². The molecule has 1 heterocycles. The van der Waals surface area contributed by atoms with Gasteiger partial charge in [0.25, 0.3) is 5.91 Å². The highest BCUT2D eigenvalue weighted by Gasteiger charge is 2.24. The number of fused-ring (bicyclic) bond motifs is 1. The number of ether oxygens (including phenoxy) is 2. The topological polar surface area (TPSA) is 76.7 Å². The molecule has 0 saturated heterocycles. The Labute approximate surface area is 156 Å². The molecule has 2 aromatic rings. The molecule has 7 heteroatoms. The summed E-state index contributed by atoms with van der Waals surface area (Å²) >= 11 is 0. The lowest BCUT2D eigenvalue weighted by Crippen LogP contribution is -2.38. The van der Waals surface area contributed by atoms with Crippen LogP contribution in [0.3, 0.4) is 0 Å². The molecule has 0 fully saturated rings. The van der Waals surface area contributed by atoms with Gasteiger partial charge in [-0.3, -0.25) is 9.59 Å². The van der Waals surface area contributed by atoms with Gasteiger partial charge in [0.05, 0.1) is 31.9 Å². The van der Waals surface area contributed by atoms with Crippen LogP contribution in [0.5, 0.6) is 11.5 Å². The summed E-state index contributed by atoms with van der Waals surface area (Å²) in [6.45, 7) is 0.198. The van der Waals surface area contributed by atoms with Gasteiger partial charge >= 0.3 is 0 Å². The maximum absolute atomic E-state index is 14.0. The summed E-state index contributed by atoms with van der Waals surface area (Å²) in [5.41, 5.74) is 0.958. The van der Waals surface area contributed by atoms with Crippen molar-refractivity contribution in [3.05, 3.63) is 59.4 Å². The molecular formula is C20H21FN2O4. The van der Waals surface area contributed by atoms with Gasteiger partial charge in [-0.05, 0) is 31.0 Å². The predicted octanol–water partition coefficient (Wildman–Crippen LogP) is 2.59. The number of methoxy groups -OCH3 is 1. The van der Waals surface area contributed by atoms with Crippen molar-refractivity contribution < 1.29 is 23.5 Å². The summed E-state index contributed by atoms with van der Waals surface area (Å²) in [6.07, 6.45) is 1.31. The summed E-state index contributed by atoms with van der Waals surface area (Å²) in [5.74, 6) is -0.601. The second kappa shape index (κ2) is 8.53. The van der Waals surface area contributed by atoms with Crippen LogP contribution in [0.4, 0.5) is 4.39 Å². The van der Waals surface area contributed by atoms with Crippen molar-refractivity contribution in [3.8, 4) is 11.5 Å². The molecule has 3 rings (SSSR count). The van der Waals surface area contributed by atoms with E-state index in [9.17, 15) is 14.0 Å². The molecule has 0 bridgehead atoms. The fourth-order valence-electron chi connectivity index (χ4n) is 3.05. The van der Waals surface area contributed by atoms with E-state index < -0.39 is 11.7 Å². The van der Waals surface area contributed by atoms with E-state index in [1.807, 2.05) is 0 Å². The first-order valence-corrected chi connectivity index (χ1v) is 8.72. The fourth-order valence-corrected chi connectivity index (χ4v) is 3.05. The van der Waals surface area contributed by atoms with Gasteiger partial charge in [-0.25, -0.2) is 4.39 Å². The minimum absolute atomic E-state index is 0.179. The van der Waals surface area contributed by atoms with E-state index in [0.29, 0.717) is 36.3 Å². The number of hydrogen-bond acceptors (Lipinski definition) is 4. The predicted molar refractivity (Wildman–Crippen MR) is 97.3 cm³/mol. The second-order valence-corrected chi connectivity index (χ2v) is 6.15. The number of amides is 2. The maximum Gasteiger partial charge on any atom is 0.255 e. The monoisotopic (exact) mass is 372 g/mol. The lowest BCUT2D eigenvalue weighted by molar-refractivity contribution is -0.120. The van der Waals surface area contributed by atoms with Crippen molar-refractivity contribution in [1.82, 2.24) is 10.6 Å². The van der Waals surface area contributed by atoms with E-state index >= 15 is 0 Å². The Morgan fingerprint density at radius 2 is 2.04 bits per heavy atom. The third-order valence-corrected chi connectivity index (χ3v) is 4.35. The van der Waals surface area contributed by atoms with Gasteiger partial charge in [0, 0.05) is 5.56 Å². The Bertz CT molecular complexity index is 840. The van der Waals surface area contributed by atoms with Gasteiger partial charge < -0.3 is 20.1 Å². The van der Waals surface area contributed by atoms with Crippen LogP contribution in [0.1, 0.15) is 34.8 Å². The van der Waals surface area contributed by atoms with Crippen molar-refractivity contribution in [2.24, 2.45) is 0 Å². The average Bonchev–Trinajstić information content (AvgIpc) is 2.89. The van der Waals surface area contributed by atoms with E-state index in [2.05, 4.69) is 10.6 Å². The zero-order valence-corrected chi connectivity index (χ0v) is 15.0. The zero-order chi connectivity index (χ0) is 19.2. The molecule has 1 aliphatic heterocycles. The minimum Gasteiger partial charge on any atom is -0.496 e. The van der Waals surface area contributed by atoms with Crippen LogP contribution < -0.4 is 20.1 Å². The molecule has 0 aromatic heterocycles. The standard InChI is InChI=1S/C20H21FN2O4/c1-26-17-10-3-2-6-14(17)20(25)22-12-18(24)23-16-9-5-11-27-19-13(16)7-4-8-15(19)21/h2-4,6-8,10,16H,5,9,11-12H2,1H3,(H,22,25)(H,23,24). The SMILES string of the molecule is COc1ccccc1C(=O)NCC(=O)NC1CCCOc2c(F)cccc21. The first-order chi connectivity index (χ1) is 13.1. The van der Waals surface area contributed by atoms with E-state index in [1.165, 1.54) is 13.2 Å². The first-order valence-electron chi connectivity index (χ1n) is 8.72. The van der Waals surface area contributed by atoms with Gasteiger partial charge in [0.2, 0.25) is 5.91 Å². The lowest BCUT2D eigenvalue weighted by atomic mass is 10.0. The number of benzene rings is 2. The van der Waals surface area contributed by atoms with Crippen LogP contribution >= 0.6 is 0 Å². The molecule has 1 unspecified atom stereocenters. The Kier molecular flexibility index (Phi) is 5.90. The van der Waals surface area contributed by atoms with Crippen LogP contribution in [-0.4, -0.2) is 32.1 Å².